The van der Waals surface area contributed by atoms with Crippen LogP contribution in [0, 0.1) is 6.92 Å². The second kappa shape index (κ2) is 6.45. The molecule has 0 amide bonds. The SMILES string of the molecule is Cc1ccc(Nc2nc(N3CCOCC3)nc3ccccc23)cc1. The number of nitrogens with zero attached hydrogens (tertiary/aromatic N) is 3. The second-order valence-corrected chi connectivity index (χ2v) is 5.98. The van der Waals surface area contributed by atoms with Gasteiger partial charge < -0.3 is 15.0 Å². The molecule has 1 aliphatic heterocycles. The minimum absolute atomic E-state index is 0.719. The van der Waals surface area contributed by atoms with Crippen LogP contribution in [0.4, 0.5) is 17.5 Å². The number of anilines is 3. The van der Waals surface area contributed by atoms with Crippen molar-refractivity contribution >= 4 is 28.4 Å². The van der Waals surface area contributed by atoms with E-state index in [0.29, 0.717) is 0 Å². The predicted octanol–water partition coefficient (Wildman–Crippen LogP) is 3.52. The molecule has 0 bridgehead atoms. The summed E-state index contributed by atoms with van der Waals surface area (Å²) < 4.78 is 5.43. The summed E-state index contributed by atoms with van der Waals surface area (Å²) in [5.41, 5.74) is 3.21. The minimum atomic E-state index is 0.719. The lowest BCUT2D eigenvalue weighted by Gasteiger charge is -2.27. The highest BCUT2D eigenvalue weighted by molar-refractivity contribution is 5.91. The molecule has 1 saturated heterocycles. The summed E-state index contributed by atoms with van der Waals surface area (Å²) in [6, 6.07) is 16.4. The van der Waals surface area contributed by atoms with Gasteiger partial charge in [-0.3, -0.25) is 0 Å². The number of morpholine rings is 1. The van der Waals surface area contributed by atoms with Crippen LogP contribution >= 0.6 is 0 Å². The third kappa shape index (κ3) is 3.03. The molecule has 5 heteroatoms. The first kappa shape index (κ1) is 14.9. The van der Waals surface area contributed by atoms with E-state index in [4.69, 9.17) is 14.7 Å². The summed E-state index contributed by atoms with van der Waals surface area (Å²) in [4.78, 5) is 11.7. The van der Waals surface area contributed by atoms with Gasteiger partial charge in [0.25, 0.3) is 0 Å². The van der Waals surface area contributed by atoms with E-state index < -0.39 is 0 Å². The Kier molecular flexibility index (Phi) is 4.01. The molecule has 0 saturated carbocycles. The molecule has 1 aromatic heterocycles. The van der Waals surface area contributed by atoms with Crippen molar-refractivity contribution in [3.05, 3.63) is 54.1 Å². The van der Waals surface area contributed by atoms with E-state index in [9.17, 15) is 0 Å². The molecule has 4 rings (SSSR count). The molecule has 2 heterocycles. The maximum Gasteiger partial charge on any atom is 0.228 e. The summed E-state index contributed by atoms with van der Waals surface area (Å²) in [6.45, 7) is 5.17. The maximum atomic E-state index is 5.43. The number of rotatable bonds is 3. The smallest absolute Gasteiger partial charge is 0.228 e. The summed E-state index contributed by atoms with van der Waals surface area (Å²) >= 11 is 0. The van der Waals surface area contributed by atoms with Crippen molar-refractivity contribution in [3.8, 4) is 0 Å². The first-order valence-electron chi connectivity index (χ1n) is 8.23. The number of hydrogen-bond donors (Lipinski definition) is 1. The Morgan fingerprint density at radius 2 is 1.71 bits per heavy atom. The number of ether oxygens (including phenoxy) is 1. The molecular weight excluding hydrogens is 300 g/mol. The van der Waals surface area contributed by atoms with Gasteiger partial charge in [0.2, 0.25) is 5.95 Å². The molecular formula is C19H20N4O. The van der Waals surface area contributed by atoms with Crippen molar-refractivity contribution < 1.29 is 4.74 Å². The maximum absolute atomic E-state index is 5.43. The van der Waals surface area contributed by atoms with E-state index in [1.165, 1.54) is 5.56 Å². The Balaban J connectivity index is 1.75. The fourth-order valence-electron chi connectivity index (χ4n) is 2.84. The number of nitrogens with one attached hydrogen (secondary N) is 1. The normalized spacial score (nSPS) is 14.8. The molecule has 0 spiro atoms. The number of benzene rings is 2. The number of aryl methyl sites for hydroxylation is 1. The fourth-order valence-corrected chi connectivity index (χ4v) is 2.84. The van der Waals surface area contributed by atoms with Crippen molar-refractivity contribution in [1.29, 1.82) is 0 Å². The van der Waals surface area contributed by atoms with E-state index in [1.807, 2.05) is 18.2 Å². The van der Waals surface area contributed by atoms with Crippen LogP contribution < -0.4 is 10.2 Å². The van der Waals surface area contributed by atoms with Crippen molar-refractivity contribution in [2.45, 2.75) is 6.92 Å². The van der Waals surface area contributed by atoms with Gasteiger partial charge in [0, 0.05) is 24.2 Å². The van der Waals surface area contributed by atoms with Gasteiger partial charge in [-0.1, -0.05) is 29.8 Å². The lowest BCUT2D eigenvalue weighted by molar-refractivity contribution is 0.122. The topological polar surface area (TPSA) is 50.3 Å². The van der Waals surface area contributed by atoms with E-state index in [0.717, 1.165) is 54.7 Å². The third-order valence-electron chi connectivity index (χ3n) is 4.20. The zero-order valence-electron chi connectivity index (χ0n) is 13.7. The fraction of sp³-hybridized carbons (Fsp3) is 0.263. The minimum Gasteiger partial charge on any atom is -0.378 e. The number of fused-ring (bicyclic) bond motifs is 1. The van der Waals surface area contributed by atoms with Gasteiger partial charge in [0.05, 0.1) is 18.7 Å². The highest BCUT2D eigenvalue weighted by Gasteiger charge is 2.16. The average Bonchev–Trinajstić information content (AvgIpc) is 2.64. The highest BCUT2D eigenvalue weighted by Crippen LogP contribution is 2.26. The molecule has 0 atom stereocenters. The first-order valence-corrected chi connectivity index (χ1v) is 8.23. The van der Waals surface area contributed by atoms with Gasteiger partial charge in [-0.2, -0.15) is 4.98 Å². The van der Waals surface area contributed by atoms with Gasteiger partial charge in [-0.05, 0) is 31.2 Å². The Morgan fingerprint density at radius 3 is 2.50 bits per heavy atom. The molecule has 2 aromatic carbocycles. The predicted molar refractivity (Wildman–Crippen MR) is 97.0 cm³/mol. The molecule has 122 valence electrons. The van der Waals surface area contributed by atoms with Gasteiger partial charge in [-0.15, -0.1) is 0 Å². The Morgan fingerprint density at radius 1 is 0.958 bits per heavy atom. The van der Waals surface area contributed by atoms with Crippen molar-refractivity contribution in [2.24, 2.45) is 0 Å². The summed E-state index contributed by atoms with van der Waals surface area (Å²) in [7, 11) is 0. The van der Waals surface area contributed by atoms with Gasteiger partial charge in [0.15, 0.2) is 0 Å². The largest absolute Gasteiger partial charge is 0.378 e. The quantitative estimate of drug-likeness (QED) is 0.800. The molecule has 3 aromatic rings. The van der Waals surface area contributed by atoms with Crippen LogP contribution in [0.5, 0.6) is 0 Å². The lowest BCUT2D eigenvalue weighted by atomic mass is 10.2. The van der Waals surface area contributed by atoms with Crippen molar-refractivity contribution in [2.75, 3.05) is 36.5 Å². The summed E-state index contributed by atoms with van der Waals surface area (Å²) in [5, 5.41) is 4.47. The van der Waals surface area contributed by atoms with Crippen LogP contribution in [0.15, 0.2) is 48.5 Å². The third-order valence-corrected chi connectivity index (χ3v) is 4.20. The molecule has 0 aliphatic carbocycles. The first-order chi connectivity index (χ1) is 11.8. The van der Waals surface area contributed by atoms with E-state index in [1.54, 1.807) is 0 Å². The van der Waals surface area contributed by atoms with Gasteiger partial charge in [0.1, 0.15) is 5.82 Å². The number of para-hydroxylation sites is 1. The van der Waals surface area contributed by atoms with Crippen LogP contribution in [0.25, 0.3) is 10.9 Å². The molecule has 1 aliphatic rings. The number of hydrogen-bond acceptors (Lipinski definition) is 5. The average molecular weight is 320 g/mol. The molecule has 5 nitrogen and oxygen atoms in total. The van der Waals surface area contributed by atoms with Gasteiger partial charge >= 0.3 is 0 Å². The van der Waals surface area contributed by atoms with Crippen molar-refractivity contribution in [3.63, 3.8) is 0 Å². The van der Waals surface area contributed by atoms with Crippen molar-refractivity contribution in [1.82, 2.24) is 9.97 Å². The van der Waals surface area contributed by atoms with Crippen LogP contribution in [-0.4, -0.2) is 36.3 Å². The highest BCUT2D eigenvalue weighted by atomic mass is 16.5. The van der Waals surface area contributed by atoms with E-state index in [-0.39, 0.29) is 0 Å². The zero-order valence-corrected chi connectivity index (χ0v) is 13.7. The summed E-state index contributed by atoms with van der Waals surface area (Å²) in [6.07, 6.45) is 0. The molecule has 1 N–H and O–H groups in total. The number of aromatic nitrogens is 2. The Labute approximate surface area is 141 Å². The van der Waals surface area contributed by atoms with Crippen LogP contribution in [0.1, 0.15) is 5.56 Å². The standard InChI is InChI=1S/C19H20N4O/c1-14-6-8-15(9-7-14)20-18-16-4-2-3-5-17(16)21-19(22-18)23-10-12-24-13-11-23/h2-9H,10-13H2,1H3,(H,20,21,22). The molecule has 0 radical (unpaired) electrons. The summed E-state index contributed by atoms with van der Waals surface area (Å²) in [5.74, 6) is 1.59. The Hall–Kier alpha value is -2.66. The van der Waals surface area contributed by atoms with Gasteiger partial charge in [-0.25, -0.2) is 4.98 Å². The van der Waals surface area contributed by atoms with E-state index >= 15 is 0 Å². The van der Waals surface area contributed by atoms with E-state index in [2.05, 4.69) is 47.5 Å². The Bertz CT molecular complexity index is 842. The zero-order chi connectivity index (χ0) is 16.4. The van der Waals surface area contributed by atoms with Crippen LogP contribution in [-0.2, 0) is 4.74 Å². The molecule has 24 heavy (non-hydrogen) atoms. The second-order valence-electron chi connectivity index (χ2n) is 5.98. The lowest BCUT2D eigenvalue weighted by Crippen LogP contribution is -2.37. The van der Waals surface area contributed by atoms with Crippen LogP contribution in [0.2, 0.25) is 0 Å². The monoisotopic (exact) mass is 320 g/mol. The molecule has 0 unspecified atom stereocenters. The van der Waals surface area contributed by atoms with Crippen LogP contribution in [0.3, 0.4) is 0 Å². The molecule has 1 fully saturated rings.